The molecule has 0 saturated heterocycles. The first-order valence-electron chi connectivity index (χ1n) is 7.59. The third-order valence-corrected chi connectivity index (χ3v) is 4.14. The number of carbonyl (C=O) groups is 1. The molecule has 0 aromatic rings. The Labute approximate surface area is 111 Å². The maximum Gasteiger partial charge on any atom is 0.322 e. The fourth-order valence-electron chi connectivity index (χ4n) is 2.65. The van der Waals surface area contributed by atoms with Gasteiger partial charge in [0.1, 0.15) is 6.04 Å². The van der Waals surface area contributed by atoms with E-state index in [4.69, 9.17) is 10.5 Å². The van der Waals surface area contributed by atoms with E-state index in [1.807, 2.05) is 6.92 Å². The summed E-state index contributed by atoms with van der Waals surface area (Å²) >= 11 is 0. The summed E-state index contributed by atoms with van der Waals surface area (Å²) in [5, 5.41) is 0. The van der Waals surface area contributed by atoms with Gasteiger partial charge in [0.05, 0.1) is 6.61 Å². The first kappa shape index (κ1) is 15.5. The van der Waals surface area contributed by atoms with Crippen LogP contribution in [-0.4, -0.2) is 18.6 Å². The Morgan fingerprint density at radius 2 is 1.83 bits per heavy atom. The molecule has 1 rings (SSSR count). The summed E-state index contributed by atoms with van der Waals surface area (Å²) in [6, 6.07) is -0.439. The molecule has 3 heteroatoms. The lowest BCUT2D eigenvalue weighted by atomic mass is 9.80. The Balaban J connectivity index is 2.14. The molecule has 0 radical (unpaired) electrons. The number of rotatable bonds is 7. The van der Waals surface area contributed by atoms with Gasteiger partial charge in [0.25, 0.3) is 0 Å². The molecular weight excluding hydrogens is 226 g/mol. The van der Waals surface area contributed by atoms with Crippen molar-refractivity contribution in [3.05, 3.63) is 0 Å². The number of carbonyl (C=O) groups excluding carboxylic acids is 1. The van der Waals surface area contributed by atoms with E-state index < -0.39 is 6.04 Å². The van der Waals surface area contributed by atoms with Crippen molar-refractivity contribution >= 4 is 5.97 Å². The lowest BCUT2D eigenvalue weighted by Crippen LogP contribution is -2.33. The molecule has 106 valence electrons. The highest BCUT2D eigenvalue weighted by Gasteiger charge is 2.22. The highest BCUT2D eigenvalue weighted by Crippen LogP contribution is 2.31. The fraction of sp³-hybridized carbons (Fsp3) is 0.933. The van der Waals surface area contributed by atoms with Crippen molar-refractivity contribution in [3.63, 3.8) is 0 Å². The summed E-state index contributed by atoms with van der Waals surface area (Å²) in [7, 11) is 0. The maximum atomic E-state index is 11.5. The number of hydrogen-bond acceptors (Lipinski definition) is 3. The van der Waals surface area contributed by atoms with Crippen molar-refractivity contribution in [2.24, 2.45) is 17.6 Å². The zero-order valence-corrected chi connectivity index (χ0v) is 12.0. The summed E-state index contributed by atoms with van der Waals surface area (Å²) in [4.78, 5) is 11.5. The van der Waals surface area contributed by atoms with Gasteiger partial charge in [-0.05, 0) is 31.1 Å². The molecule has 0 aromatic heterocycles. The molecule has 0 bridgehead atoms. The molecule has 1 atom stereocenters. The normalized spacial score (nSPS) is 25.7. The minimum Gasteiger partial charge on any atom is -0.464 e. The first-order valence-corrected chi connectivity index (χ1v) is 7.59. The molecule has 3 nitrogen and oxygen atoms in total. The lowest BCUT2D eigenvalue weighted by molar-refractivity contribution is -0.147. The van der Waals surface area contributed by atoms with Gasteiger partial charge in [0, 0.05) is 0 Å². The van der Waals surface area contributed by atoms with Crippen LogP contribution in [0.5, 0.6) is 0 Å². The molecule has 1 saturated carbocycles. The van der Waals surface area contributed by atoms with Crippen LogP contribution in [-0.2, 0) is 9.53 Å². The van der Waals surface area contributed by atoms with Crippen LogP contribution in [0.25, 0.3) is 0 Å². The predicted octanol–water partition coefficient (Wildman–Crippen LogP) is 3.26. The van der Waals surface area contributed by atoms with E-state index in [1.165, 1.54) is 44.9 Å². The van der Waals surface area contributed by atoms with Crippen LogP contribution in [0.15, 0.2) is 0 Å². The predicted molar refractivity (Wildman–Crippen MR) is 74.2 cm³/mol. The van der Waals surface area contributed by atoms with Crippen molar-refractivity contribution in [1.29, 1.82) is 0 Å². The van der Waals surface area contributed by atoms with E-state index in [9.17, 15) is 4.79 Å². The van der Waals surface area contributed by atoms with Crippen LogP contribution < -0.4 is 5.73 Å². The molecule has 18 heavy (non-hydrogen) atoms. The zero-order valence-electron chi connectivity index (χ0n) is 12.0. The van der Waals surface area contributed by atoms with Crippen LogP contribution in [0, 0.1) is 11.8 Å². The van der Waals surface area contributed by atoms with Crippen LogP contribution in [0.3, 0.4) is 0 Å². The van der Waals surface area contributed by atoms with Crippen molar-refractivity contribution < 1.29 is 9.53 Å². The van der Waals surface area contributed by atoms with Gasteiger partial charge in [-0.15, -0.1) is 0 Å². The number of hydrogen-bond donors (Lipinski definition) is 1. The standard InChI is InChI=1S/C15H29NO2/c1-3-5-6-12-7-9-13(10-8-12)11-18-15(17)14(16)4-2/h12-14H,3-11,16H2,1-2H3. The van der Waals surface area contributed by atoms with E-state index >= 15 is 0 Å². The van der Waals surface area contributed by atoms with Gasteiger partial charge in [-0.3, -0.25) is 4.79 Å². The molecular formula is C15H29NO2. The van der Waals surface area contributed by atoms with Gasteiger partial charge < -0.3 is 10.5 Å². The minimum absolute atomic E-state index is 0.231. The van der Waals surface area contributed by atoms with Crippen molar-refractivity contribution in [1.82, 2.24) is 0 Å². The molecule has 1 aliphatic carbocycles. The van der Waals surface area contributed by atoms with Gasteiger partial charge in [0.2, 0.25) is 0 Å². The average molecular weight is 255 g/mol. The van der Waals surface area contributed by atoms with E-state index in [-0.39, 0.29) is 5.97 Å². The Morgan fingerprint density at radius 1 is 1.22 bits per heavy atom. The van der Waals surface area contributed by atoms with E-state index in [0.717, 1.165) is 5.92 Å². The Hall–Kier alpha value is -0.570. The molecule has 1 aliphatic rings. The van der Waals surface area contributed by atoms with Gasteiger partial charge in [0.15, 0.2) is 0 Å². The number of ether oxygens (including phenoxy) is 1. The van der Waals surface area contributed by atoms with E-state index in [0.29, 0.717) is 18.9 Å². The molecule has 1 fully saturated rings. The Morgan fingerprint density at radius 3 is 2.39 bits per heavy atom. The quantitative estimate of drug-likeness (QED) is 0.710. The maximum absolute atomic E-state index is 11.5. The second-order valence-electron chi connectivity index (χ2n) is 5.67. The molecule has 0 heterocycles. The van der Waals surface area contributed by atoms with Crippen molar-refractivity contribution in [2.45, 2.75) is 71.3 Å². The molecule has 2 N–H and O–H groups in total. The average Bonchev–Trinajstić information content (AvgIpc) is 2.42. The van der Waals surface area contributed by atoms with Crippen molar-refractivity contribution in [3.8, 4) is 0 Å². The van der Waals surface area contributed by atoms with E-state index in [2.05, 4.69) is 6.92 Å². The SMILES string of the molecule is CCCCC1CCC(COC(=O)C(N)CC)CC1. The van der Waals surface area contributed by atoms with Gasteiger partial charge in [-0.2, -0.15) is 0 Å². The monoisotopic (exact) mass is 255 g/mol. The third kappa shape index (κ3) is 5.38. The molecule has 0 aromatic carbocycles. The molecule has 0 spiro atoms. The number of nitrogens with two attached hydrogens (primary N) is 1. The largest absolute Gasteiger partial charge is 0.464 e. The van der Waals surface area contributed by atoms with Gasteiger partial charge in [-0.25, -0.2) is 0 Å². The lowest BCUT2D eigenvalue weighted by Gasteiger charge is -2.28. The summed E-state index contributed by atoms with van der Waals surface area (Å²) in [5.74, 6) is 1.25. The fourth-order valence-corrected chi connectivity index (χ4v) is 2.65. The zero-order chi connectivity index (χ0) is 13.4. The van der Waals surface area contributed by atoms with E-state index in [1.54, 1.807) is 0 Å². The second kappa shape index (κ2) is 8.52. The van der Waals surface area contributed by atoms with Gasteiger partial charge >= 0.3 is 5.97 Å². The summed E-state index contributed by atoms with van der Waals surface area (Å²) in [6.07, 6.45) is 9.73. The number of unbranched alkanes of at least 4 members (excludes halogenated alkanes) is 1. The van der Waals surface area contributed by atoms with Crippen LogP contribution >= 0.6 is 0 Å². The highest BCUT2D eigenvalue weighted by atomic mass is 16.5. The molecule has 0 amide bonds. The minimum atomic E-state index is -0.439. The highest BCUT2D eigenvalue weighted by molar-refractivity contribution is 5.75. The molecule has 0 aliphatic heterocycles. The van der Waals surface area contributed by atoms with Crippen LogP contribution in [0.2, 0.25) is 0 Å². The Bertz CT molecular complexity index is 235. The van der Waals surface area contributed by atoms with Crippen molar-refractivity contribution in [2.75, 3.05) is 6.61 Å². The first-order chi connectivity index (χ1) is 8.67. The molecule has 1 unspecified atom stereocenters. The second-order valence-corrected chi connectivity index (χ2v) is 5.67. The summed E-state index contributed by atoms with van der Waals surface area (Å²) in [5.41, 5.74) is 5.63. The third-order valence-electron chi connectivity index (χ3n) is 4.14. The summed E-state index contributed by atoms with van der Waals surface area (Å²) < 4.78 is 5.29. The Kier molecular flexibility index (Phi) is 7.33. The topological polar surface area (TPSA) is 52.3 Å². The number of esters is 1. The van der Waals surface area contributed by atoms with Crippen LogP contribution in [0.4, 0.5) is 0 Å². The van der Waals surface area contributed by atoms with Gasteiger partial charge in [-0.1, -0.05) is 46.0 Å². The smallest absolute Gasteiger partial charge is 0.322 e. The summed E-state index contributed by atoms with van der Waals surface area (Å²) in [6.45, 7) is 4.74. The van der Waals surface area contributed by atoms with Crippen LogP contribution in [0.1, 0.15) is 65.2 Å².